The molecule has 0 bridgehead atoms. The third-order valence-electron chi connectivity index (χ3n) is 1.81. The van der Waals surface area contributed by atoms with Crippen molar-refractivity contribution in [2.24, 2.45) is 5.41 Å². The van der Waals surface area contributed by atoms with Crippen molar-refractivity contribution in [2.75, 3.05) is 6.61 Å². The van der Waals surface area contributed by atoms with Gasteiger partial charge in [-0.3, -0.25) is 0 Å². The number of ether oxygens (including phenoxy) is 2. The van der Waals surface area contributed by atoms with Crippen molar-refractivity contribution >= 4 is 6.16 Å². The molecule has 0 aromatic heterocycles. The third-order valence-corrected chi connectivity index (χ3v) is 1.81. The number of hydrogen-bond donors (Lipinski definition) is 0. The lowest BCUT2D eigenvalue weighted by atomic mass is 9.99. The highest BCUT2D eigenvalue weighted by Gasteiger charge is 2.14. The zero-order chi connectivity index (χ0) is 12.2. The van der Waals surface area contributed by atoms with Gasteiger partial charge in [-0.1, -0.05) is 32.9 Å². The minimum atomic E-state index is -0.652. The van der Waals surface area contributed by atoms with Crippen molar-refractivity contribution < 1.29 is 14.3 Å². The molecule has 0 heterocycles. The highest BCUT2D eigenvalue weighted by Crippen LogP contribution is 2.16. The summed E-state index contributed by atoms with van der Waals surface area (Å²) < 4.78 is 10.0. The molecule has 0 N–H and O–H groups in total. The minimum absolute atomic E-state index is 0.0500. The lowest BCUT2D eigenvalue weighted by Gasteiger charge is -2.17. The first-order valence-corrected chi connectivity index (χ1v) is 5.28. The molecule has 16 heavy (non-hydrogen) atoms. The normalized spacial score (nSPS) is 11.0. The van der Waals surface area contributed by atoms with E-state index in [2.05, 4.69) is 0 Å². The zero-order valence-corrected chi connectivity index (χ0v) is 10.2. The van der Waals surface area contributed by atoms with E-state index in [9.17, 15) is 4.79 Å². The van der Waals surface area contributed by atoms with Crippen molar-refractivity contribution in [3.63, 3.8) is 0 Å². The molecule has 0 aliphatic carbocycles. The molecule has 0 spiro atoms. The predicted octanol–water partition coefficient (Wildman–Crippen LogP) is 3.56. The number of carbonyl (C=O) groups is 1. The molecule has 0 radical (unpaired) electrons. The van der Waals surface area contributed by atoms with Gasteiger partial charge in [0.15, 0.2) is 0 Å². The summed E-state index contributed by atoms with van der Waals surface area (Å²) in [5.41, 5.74) is 0.993. The molecule has 0 atom stereocenters. The second kappa shape index (κ2) is 5.01. The van der Waals surface area contributed by atoms with E-state index in [1.807, 2.05) is 39.8 Å². The van der Waals surface area contributed by atoms with E-state index in [0.717, 1.165) is 5.56 Å². The summed E-state index contributed by atoms with van der Waals surface area (Å²) in [6.07, 6.45) is -0.652. The van der Waals surface area contributed by atoms with E-state index in [-0.39, 0.29) is 5.41 Å². The van der Waals surface area contributed by atoms with Gasteiger partial charge < -0.3 is 9.47 Å². The fraction of sp³-hybridized carbons (Fsp3) is 0.462. The fourth-order valence-electron chi connectivity index (χ4n) is 1.08. The van der Waals surface area contributed by atoms with E-state index < -0.39 is 6.16 Å². The van der Waals surface area contributed by atoms with E-state index >= 15 is 0 Å². The second-order valence-electron chi connectivity index (χ2n) is 5.02. The summed E-state index contributed by atoms with van der Waals surface area (Å²) in [7, 11) is 0. The lowest BCUT2D eigenvalue weighted by Crippen LogP contribution is -2.20. The van der Waals surface area contributed by atoms with Gasteiger partial charge in [0.05, 0.1) is 6.61 Å². The van der Waals surface area contributed by atoms with Crippen LogP contribution >= 0.6 is 0 Å². The Bertz CT molecular complexity index is 364. The molecule has 1 rings (SSSR count). The Morgan fingerprint density at radius 3 is 2.56 bits per heavy atom. The van der Waals surface area contributed by atoms with Crippen LogP contribution in [0.3, 0.4) is 0 Å². The van der Waals surface area contributed by atoms with Crippen LogP contribution in [0.15, 0.2) is 24.3 Å². The maximum absolute atomic E-state index is 11.3. The van der Waals surface area contributed by atoms with Crippen LogP contribution in [0.1, 0.15) is 26.3 Å². The van der Waals surface area contributed by atoms with Crippen molar-refractivity contribution in [3.05, 3.63) is 29.8 Å². The molecule has 0 saturated carbocycles. The van der Waals surface area contributed by atoms with Crippen LogP contribution in [0.2, 0.25) is 0 Å². The fourth-order valence-corrected chi connectivity index (χ4v) is 1.08. The van der Waals surface area contributed by atoms with E-state index in [1.165, 1.54) is 0 Å². The molecule has 1 aromatic carbocycles. The third kappa shape index (κ3) is 4.82. The maximum Gasteiger partial charge on any atom is 0.513 e. The molecule has 1 aromatic rings. The van der Waals surface area contributed by atoms with Crippen LogP contribution in [-0.4, -0.2) is 12.8 Å². The molecule has 0 aliphatic rings. The van der Waals surface area contributed by atoms with E-state index in [1.54, 1.807) is 12.1 Å². The smallest absolute Gasteiger partial charge is 0.433 e. The average molecular weight is 222 g/mol. The van der Waals surface area contributed by atoms with Crippen LogP contribution in [0, 0.1) is 12.3 Å². The minimum Gasteiger partial charge on any atom is -0.433 e. The summed E-state index contributed by atoms with van der Waals surface area (Å²) in [5.74, 6) is 0.513. The van der Waals surface area contributed by atoms with Crippen molar-refractivity contribution in [1.29, 1.82) is 0 Å². The Balaban J connectivity index is 2.46. The van der Waals surface area contributed by atoms with Crippen LogP contribution in [0.4, 0.5) is 4.79 Å². The van der Waals surface area contributed by atoms with Crippen molar-refractivity contribution in [2.45, 2.75) is 27.7 Å². The molecule has 0 fully saturated rings. The quantitative estimate of drug-likeness (QED) is 0.567. The van der Waals surface area contributed by atoms with Crippen molar-refractivity contribution in [3.8, 4) is 5.75 Å². The van der Waals surface area contributed by atoms with E-state index in [0.29, 0.717) is 12.4 Å². The van der Waals surface area contributed by atoms with Crippen LogP contribution in [0.25, 0.3) is 0 Å². The zero-order valence-electron chi connectivity index (χ0n) is 10.2. The van der Waals surface area contributed by atoms with Gasteiger partial charge in [0.25, 0.3) is 0 Å². The number of benzene rings is 1. The Hall–Kier alpha value is -1.51. The summed E-state index contributed by atoms with van der Waals surface area (Å²) in [4.78, 5) is 11.3. The maximum atomic E-state index is 11.3. The molecule has 0 amide bonds. The summed E-state index contributed by atoms with van der Waals surface area (Å²) >= 11 is 0. The Morgan fingerprint density at radius 1 is 1.31 bits per heavy atom. The highest BCUT2D eigenvalue weighted by molar-refractivity contribution is 5.63. The largest absolute Gasteiger partial charge is 0.513 e. The lowest BCUT2D eigenvalue weighted by molar-refractivity contribution is 0.0685. The summed E-state index contributed by atoms with van der Waals surface area (Å²) in [6.45, 7) is 8.26. The number of carbonyl (C=O) groups excluding carboxylic acids is 1. The van der Waals surface area contributed by atoms with Gasteiger partial charge >= 0.3 is 6.16 Å². The van der Waals surface area contributed by atoms with Crippen molar-refractivity contribution in [1.82, 2.24) is 0 Å². The number of aryl methyl sites for hydroxylation is 1. The molecule has 88 valence electrons. The summed E-state index contributed by atoms with van der Waals surface area (Å²) in [5, 5.41) is 0. The number of rotatable bonds is 2. The molecular formula is C13H18O3. The van der Waals surface area contributed by atoms with Gasteiger partial charge in [-0.25, -0.2) is 4.79 Å². The van der Waals surface area contributed by atoms with Crippen LogP contribution in [0.5, 0.6) is 5.75 Å². The molecular weight excluding hydrogens is 204 g/mol. The van der Waals surface area contributed by atoms with Gasteiger partial charge in [-0.2, -0.15) is 0 Å². The summed E-state index contributed by atoms with van der Waals surface area (Å²) in [6, 6.07) is 7.29. The van der Waals surface area contributed by atoms with Crippen LogP contribution in [-0.2, 0) is 4.74 Å². The Labute approximate surface area is 96.4 Å². The first-order chi connectivity index (χ1) is 7.37. The standard InChI is InChI=1S/C13H18O3/c1-10-6-5-7-11(8-10)16-12(14)15-9-13(2,3)4/h5-8H,9H2,1-4H3. The van der Waals surface area contributed by atoms with Gasteiger partial charge in [-0.05, 0) is 30.0 Å². The average Bonchev–Trinajstić information content (AvgIpc) is 2.14. The van der Waals surface area contributed by atoms with E-state index in [4.69, 9.17) is 9.47 Å². The van der Waals surface area contributed by atoms with Gasteiger partial charge in [-0.15, -0.1) is 0 Å². The Kier molecular flexibility index (Phi) is 3.93. The van der Waals surface area contributed by atoms with Gasteiger partial charge in [0.1, 0.15) is 5.75 Å². The molecule has 3 nitrogen and oxygen atoms in total. The SMILES string of the molecule is Cc1cccc(OC(=O)OCC(C)(C)C)c1. The van der Waals surface area contributed by atoms with Crippen LogP contribution < -0.4 is 4.74 Å². The second-order valence-corrected chi connectivity index (χ2v) is 5.02. The molecule has 0 saturated heterocycles. The predicted molar refractivity (Wildman–Crippen MR) is 62.6 cm³/mol. The molecule has 0 unspecified atom stereocenters. The Morgan fingerprint density at radius 2 is 2.00 bits per heavy atom. The molecule has 3 heteroatoms. The first kappa shape index (κ1) is 12.6. The monoisotopic (exact) mass is 222 g/mol. The first-order valence-electron chi connectivity index (χ1n) is 5.28. The number of hydrogen-bond acceptors (Lipinski definition) is 3. The highest BCUT2D eigenvalue weighted by atomic mass is 16.7. The van der Waals surface area contributed by atoms with Gasteiger partial charge in [0, 0.05) is 0 Å². The van der Waals surface area contributed by atoms with Gasteiger partial charge in [0.2, 0.25) is 0 Å². The topological polar surface area (TPSA) is 35.5 Å². The molecule has 0 aliphatic heterocycles.